The zero-order chi connectivity index (χ0) is 15.8. The van der Waals surface area contributed by atoms with Crippen LogP contribution >= 0.6 is 0 Å². The van der Waals surface area contributed by atoms with E-state index in [-0.39, 0.29) is 11.8 Å². The number of carbonyl (C=O) groups excluding carboxylic acids is 2. The molecule has 0 aliphatic heterocycles. The molecule has 1 aromatic carbocycles. The Morgan fingerprint density at radius 2 is 1.50 bits per heavy atom. The number of nitrogens with one attached hydrogen (secondary N) is 2. The smallest absolute Gasteiger partial charge is 0.251 e. The van der Waals surface area contributed by atoms with Gasteiger partial charge in [-0.1, -0.05) is 6.08 Å². The average Bonchev–Trinajstić information content (AvgIpc) is 2.58. The zero-order valence-corrected chi connectivity index (χ0v) is 12.1. The van der Waals surface area contributed by atoms with Crippen molar-refractivity contribution in [2.45, 2.75) is 6.54 Å². The number of nitrogens with zero attached hydrogens (tertiary/aromatic N) is 1. The molecule has 22 heavy (non-hydrogen) atoms. The summed E-state index contributed by atoms with van der Waals surface area (Å²) in [6.07, 6.45) is 4.97. The summed E-state index contributed by atoms with van der Waals surface area (Å²) < 4.78 is 0. The van der Waals surface area contributed by atoms with E-state index in [0.717, 1.165) is 5.56 Å². The van der Waals surface area contributed by atoms with E-state index >= 15 is 0 Å². The Kier molecular flexibility index (Phi) is 5.43. The van der Waals surface area contributed by atoms with Crippen molar-refractivity contribution in [2.24, 2.45) is 0 Å². The lowest BCUT2D eigenvalue weighted by Crippen LogP contribution is -2.24. The van der Waals surface area contributed by atoms with Gasteiger partial charge in [0.05, 0.1) is 0 Å². The van der Waals surface area contributed by atoms with Gasteiger partial charge in [0.25, 0.3) is 11.8 Å². The molecule has 112 valence electrons. The van der Waals surface area contributed by atoms with E-state index in [4.69, 9.17) is 0 Å². The van der Waals surface area contributed by atoms with Crippen LogP contribution in [0.15, 0.2) is 61.4 Å². The van der Waals surface area contributed by atoms with Gasteiger partial charge in [0.15, 0.2) is 0 Å². The highest BCUT2D eigenvalue weighted by atomic mass is 16.2. The first-order chi connectivity index (χ1) is 10.7. The van der Waals surface area contributed by atoms with E-state index in [9.17, 15) is 9.59 Å². The summed E-state index contributed by atoms with van der Waals surface area (Å²) in [6, 6.07) is 10.2. The maximum Gasteiger partial charge on any atom is 0.251 e. The summed E-state index contributed by atoms with van der Waals surface area (Å²) in [5.41, 5.74) is 1.99. The molecule has 5 nitrogen and oxygen atoms in total. The summed E-state index contributed by atoms with van der Waals surface area (Å²) in [4.78, 5) is 27.7. The minimum absolute atomic E-state index is 0.185. The second-order valence-corrected chi connectivity index (χ2v) is 4.61. The van der Waals surface area contributed by atoms with Crippen LogP contribution in [0.2, 0.25) is 0 Å². The highest BCUT2D eigenvalue weighted by Crippen LogP contribution is 2.05. The molecule has 2 aromatic rings. The van der Waals surface area contributed by atoms with Crippen molar-refractivity contribution >= 4 is 11.8 Å². The predicted octanol–water partition coefficient (Wildman–Crippen LogP) is 1.93. The third-order valence-electron chi connectivity index (χ3n) is 3.02. The second-order valence-electron chi connectivity index (χ2n) is 4.61. The van der Waals surface area contributed by atoms with Crippen LogP contribution in [0.3, 0.4) is 0 Å². The van der Waals surface area contributed by atoms with E-state index < -0.39 is 0 Å². The molecule has 0 atom stereocenters. The van der Waals surface area contributed by atoms with E-state index in [1.165, 1.54) is 0 Å². The maximum absolute atomic E-state index is 12.0. The lowest BCUT2D eigenvalue weighted by molar-refractivity contribution is 0.0942. The molecule has 1 heterocycles. The van der Waals surface area contributed by atoms with Crippen LogP contribution in [0.4, 0.5) is 0 Å². The summed E-state index contributed by atoms with van der Waals surface area (Å²) >= 11 is 0. The topological polar surface area (TPSA) is 71.1 Å². The van der Waals surface area contributed by atoms with Gasteiger partial charge in [0.2, 0.25) is 0 Å². The largest absolute Gasteiger partial charge is 0.349 e. The number of pyridine rings is 1. The second kappa shape index (κ2) is 7.73. The Morgan fingerprint density at radius 1 is 0.955 bits per heavy atom. The van der Waals surface area contributed by atoms with Crippen LogP contribution in [0.5, 0.6) is 0 Å². The predicted molar refractivity (Wildman–Crippen MR) is 84.4 cm³/mol. The van der Waals surface area contributed by atoms with Gasteiger partial charge < -0.3 is 10.6 Å². The molecular formula is C17H17N3O2. The van der Waals surface area contributed by atoms with Crippen molar-refractivity contribution in [1.82, 2.24) is 15.6 Å². The Hall–Kier alpha value is -2.95. The first-order valence-corrected chi connectivity index (χ1v) is 6.87. The lowest BCUT2D eigenvalue weighted by atomic mass is 10.1. The number of benzene rings is 1. The van der Waals surface area contributed by atoms with Crippen molar-refractivity contribution in [1.29, 1.82) is 0 Å². The molecule has 5 heteroatoms. The SMILES string of the molecule is C=CCNC(=O)c1ccc(C(=O)NCc2ccncc2)cc1. The highest BCUT2D eigenvalue weighted by Gasteiger charge is 2.08. The zero-order valence-electron chi connectivity index (χ0n) is 12.1. The third kappa shape index (κ3) is 4.28. The van der Waals surface area contributed by atoms with Gasteiger partial charge in [-0.25, -0.2) is 0 Å². The molecule has 2 N–H and O–H groups in total. The fraction of sp³-hybridized carbons (Fsp3) is 0.118. The van der Waals surface area contributed by atoms with Crippen LogP contribution in [-0.4, -0.2) is 23.3 Å². The van der Waals surface area contributed by atoms with Gasteiger partial charge in [-0.2, -0.15) is 0 Å². The molecule has 0 aliphatic rings. The molecule has 0 radical (unpaired) electrons. The fourth-order valence-corrected chi connectivity index (χ4v) is 1.82. The Bertz CT molecular complexity index is 651. The van der Waals surface area contributed by atoms with Gasteiger partial charge in [-0.05, 0) is 42.0 Å². The number of hydrogen-bond acceptors (Lipinski definition) is 3. The first kappa shape index (κ1) is 15.4. The van der Waals surface area contributed by atoms with Crippen molar-refractivity contribution in [3.05, 3.63) is 78.1 Å². The van der Waals surface area contributed by atoms with Crippen molar-refractivity contribution in [2.75, 3.05) is 6.54 Å². The number of rotatable bonds is 6. The Labute approximate surface area is 129 Å². The van der Waals surface area contributed by atoms with Crippen LogP contribution in [0, 0.1) is 0 Å². The van der Waals surface area contributed by atoms with E-state index in [1.54, 1.807) is 42.7 Å². The minimum atomic E-state index is -0.191. The summed E-state index contributed by atoms with van der Waals surface area (Å²) in [5.74, 6) is -0.376. The minimum Gasteiger partial charge on any atom is -0.349 e. The molecule has 0 saturated carbocycles. The molecule has 0 spiro atoms. The normalized spacial score (nSPS) is 9.82. The number of aromatic nitrogens is 1. The van der Waals surface area contributed by atoms with E-state index in [1.807, 2.05) is 12.1 Å². The highest BCUT2D eigenvalue weighted by molar-refractivity contribution is 5.97. The van der Waals surface area contributed by atoms with Crippen molar-refractivity contribution in [3.8, 4) is 0 Å². The number of hydrogen-bond donors (Lipinski definition) is 2. The van der Waals surface area contributed by atoms with Crippen LogP contribution in [0.25, 0.3) is 0 Å². The summed E-state index contributed by atoms with van der Waals surface area (Å²) in [7, 11) is 0. The average molecular weight is 295 g/mol. The molecule has 1 aromatic heterocycles. The van der Waals surface area contributed by atoms with Gasteiger partial charge in [0.1, 0.15) is 0 Å². The standard InChI is InChI=1S/C17H17N3O2/c1-2-9-19-16(21)14-3-5-15(6-4-14)17(22)20-12-13-7-10-18-11-8-13/h2-8,10-11H,1,9,12H2,(H,19,21)(H,20,22). The molecule has 0 fully saturated rings. The molecule has 2 rings (SSSR count). The van der Waals surface area contributed by atoms with Crippen molar-refractivity contribution in [3.63, 3.8) is 0 Å². The van der Waals surface area contributed by atoms with Gasteiger partial charge in [-0.3, -0.25) is 14.6 Å². The Morgan fingerprint density at radius 3 is 2.05 bits per heavy atom. The fourth-order valence-electron chi connectivity index (χ4n) is 1.82. The maximum atomic E-state index is 12.0. The van der Waals surface area contributed by atoms with Gasteiger partial charge in [-0.15, -0.1) is 6.58 Å². The Balaban J connectivity index is 1.93. The van der Waals surface area contributed by atoms with Gasteiger partial charge >= 0.3 is 0 Å². The quantitative estimate of drug-likeness (QED) is 0.800. The van der Waals surface area contributed by atoms with Crippen LogP contribution < -0.4 is 10.6 Å². The van der Waals surface area contributed by atoms with Crippen molar-refractivity contribution < 1.29 is 9.59 Å². The third-order valence-corrected chi connectivity index (χ3v) is 3.02. The molecule has 0 bridgehead atoms. The summed E-state index contributed by atoms with van der Waals surface area (Å²) in [5, 5.41) is 5.50. The molecule has 0 unspecified atom stereocenters. The number of amides is 2. The van der Waals surface area contributed by atoms with Crippen LogP contribution in [0.1, 0.15) is 26.3 Å². The molecule has 0 saturated heterocycles. The molecule has 2 amide bonds. The molecular weight excluding hydrogens is 278 g/mol. The first-order valence-electron chi connectivity index (χ1n) is 6.87. The monoisotopic (exact) mass is 295 g/mol. The van der Waals surface area contributed by atoms with Gasteiger partial charge in [0, 0.05) is 36.6 Å². The lowest BCUT2D eigenvalue weighted by Gasteiger charge is -2.06. The van der Waals surface area contributed by atoms with E-state index in [2.05, 4.69) is 22.2 Å². The number of carbonyl (C=O) groups is 2. The van der Waals surface area contributed by atoms with E-state index in [0.29, 0.717) is 24.2 Å². The molecule has 0 aliphatic carbocycles. The summed E-state index contributed by atoms with van der Waals surface area (Å²) in [6.45, 7) is 4.38. The van der Waals surface area contributed by atoms with Crippen LogP contribution in [-0.2, 0) is 6.54 Å².